The molecule has 2 heterocycles. The first-order valence-corrected chi connectivity index (χ1v) is 9.27. The van der Waals surface area contributed by atoms with Crippen molar-refractivity contribution in [2.45, 2.75) is 25.8 Å². The van der Waals surface area contributed by atoms with Crippen molar-refractivity contribution in [2.75, 3.05) is 24.2 Å². The van der Waals surface area contributed by atoms with Crippen LogP contribution in [0.4, 0.5) is 5.82 Å². The molecule has 0 bridgehead atoms. The van der Waals surface area contributed by atoms with Gasteiger partial charge in [-0.1, -0.05) is 24.3 Å². The van der Waals surface area contributed by atoms with E-state index in [-0.39, 0.29) is 6.04 Å². The summed E-state index contributed by atoms with van der Waals surface area (Å²) in [6.45, 7) is 3.43. The zero-order valence-corrected chi connectivity index (χ0v) is 13.6. The Balaban J connectivity index is 1.92. The molecular weight excluding hydrogens is 300 g/mol. The van der Waals surface area contributed by atoms with E-state index in [4.69, 9.17) is 0 Å². The molecule has 3 rings (SSSR count). The van der Waals surface area contributed by atoms with Crippen molar-refractivity contribution in [1.82, 2.24) is 14.9 Å². The molecule has 1 atom stereocenters. The molecule has 1 fully saturated rings. The molecule has 1 N–H and O–H groups in total. The molecule has 1 unspecified atom stereocenters. The standard InChI is InChI=1S/C15H20N4O2S/c1-11-13-7-3-4-8-14(13)15(17-16-11)19-9-5-6-12(10-19)18-22(2,20)21/h3-4,7-8,12,18H,5-6,9-10H2,1-2H3. The fraction of sp³-hybridized carbons (Fsp3) is 0.467. The fourth-order valence-corrected chi connectivity index (χ4v) is 3.82. The minimum atomic E-state index is -3.19. The Morgan fingerprint density at radius 1 is 1.23 bits per heavy atom. The van der Waals surface area contributed by atoms with E-state index >= 15 is 0 Å². The number of benzene rings is 1. The van der Waals surface area contributed by atoms with E-state index in [9.17, 15) is 8.42 Å². The average Bonchev–Trinajstić information content (AvgIpc) is 2.46. The van der Waals surface area contributed by atoms with Crippen LogP contribution in [-0.2, 0) is 10.0 Å². The second kappa shape index (κ2) is 5.81. The predicted octanol–water partition coefficient (Wildman–Crippen LogP) is 1.46. The molecule has 1 aromatic carbocycles. The average molecular weight is 320 g/mol. The van der Waals surface area contributed by atoms with Crippen LogP contribution < -0.4 is 9.62 Å². The molecule has 0 amide bonds. The number of nitrogens with one attached hydrogen (secondary N) is 1. The Bertz CT molecular complexity index is 791. The van der Waals surface area contributed by atoms with Gasteiger partial charge in [0.1, 0.15) is 0 Å². The van der Waals surface area contributed by atoms with Gasteiger partial charge in [0, 0.05) is 29.9 Å². The van der Waals surface area contributed by atoms with Crippen molar-refractivity contribution in [3.05, 3.63) is 30.0 Å². The molecule has 118 valence electrons. The summed E-state index contributed by atoms with van der Waals surface area (Å²) >= 11 is 0. The van der Waals surface area contributed by atoms with Gasteiger partial charge in [-0.2, -0.15) is 5.10 Å². The summed E-state index contributed by atoms with van der Waals surface area (Å²) in [6, 6.07) is 7.98. The van der Waals surface area contributed by atoms with E-state index < -0.39 is 10.0 Å². The molecule has 0 saturated carbocycles. The first kappa shape index (κ1) is 15.2. The van der Waals surface area contributed by atoms with Crippen LogP contribution in [0.3, 0.4) is 0 Å². The quantitative estimate of drug-likeness (QED) is 0.926. The van der Waals surface area contributed by atoms with Crippen LogP contribution in [0.5, 0.6) is 0 Å². The first-order chi connectivity index (χ1) is 10.4. The predicted molar refractivity (Wildman–Crippen MR) is 87.5 cm³/mol. The van der Waals surface area contributed by atoms with Gasteiger partial charge in [0.2, 0.25) is 10.0 Å². The summed E-state index contributed by atoms with van der Waals surface area (Å²) in [4.78, 5) is 2.13. The molecule has 1 aromatic heterocycles. The Kier molecular flexibility index (Phi) is 4.01. The number of aryl methyl sites for hydroxylation is 1. The van der Waals surface area contributed by atoms with Crippen molar-refractivity contribution >= 4 is 26.6 Å². The van der Waals surface area contributed by atoms with Gasteiger partial charge in [0.15, 0.2) is 5.82 Å². The van der Waals surface area contributed by atoms with Gasteiger partial charge in [0.05, 0.1) is 11.9 Å². The Morgan fingerprint density at radius 3 is 2.68 bits per heavy atom. The number of piperidine rings is 1. The van der Waals surface area contributed by atoms with Crippen LogP contribution in [0.25, 0.3) is 10.8 Å². The zero-order chi connectivity index (χ0) is 15.7. The Morgan fingerprint density at radius 2 is 1.95 bits per heavy atom. The topological polar surface area (TPSA) is 75.2 Å². The maximum atomic E-state index is 11.4. The summed E-state index contributed by atoms with van der Waals surface area (Å²) in [5.41, 5.74) is 0.905. The number of nitrogens with zero attached hydrogens (tertiary/aromatic N) is 3. The number of fused-ring (bicyclic) bond motifs is 1. The molecule has 7 heteroatoms. The van der Waals surface area contributed by atoms with Crippen molar-refractivity contribution in [1.29, 1.82) is 0 Å². The highest BCUT2D eigenvalue weighted by atomic mass is 32.2. The molecule has 6 nitrogen and oxygen atoms in total. The van der Waals surface area contributed by atoms with Crippen LogP contribution >= 0.6 is 0 Å². The second-order valence-electron chi connectivity index (χ2n) is 5.83. The maximum Gasteiger partial charge on any atom is 0.209 e. The lowest BCUT2D eigenvalue weighted by molar-refractivity contribution is 0.465. The van der Waals surface area contributed by atoms with Gasteiger partial charge in [0.25, 0.3) is 0 Å². The minimum Gasteiger partial charge on any atom is -0.353 e. The number of anilines is 1. The molecular formula is C15H20N4O2S. The number of aromatic nitrogens is 2. The molecule has 1 aliphatic rings. The van der Waals surface area contributed by atoms with E-state index in [1.54, 1.807) is 0 Å². The number of hydrogen-bond acceptors (Lipinski definition) is 5. The van der Waals surface area contributed by atoms with E-state index in [1.807, 2.05) is 31.2 Å². The van der Waals surface area contributed by atoms with Gasteiger partial charge >= 0.3 is 0 Å². The molecule has 0 radical (unpaired) electrons. The summed E-state index contributed by atoms with van der Waals surface area (Å²) in [7, 11) is -3.19. The van der Waals surface area contributed by atoms with Crippen LogP contribution in [-0.4, -0.2) is 44.0 Å². The van der Waals surface area contributed by atoms with Gasteiger partial charge in [-0.25, -0.2) is 13.1 Å². The number of hydrogen-bond donors (Lipinski definition) is 1. The summed E-state index contributed by atoms with van der Waals surface area (Å²) in [6.07, 6.45) is 2.98. The highest BCUT2D eigenvalue weighted by Crippen LogP contribution is 2.27. The van der Waals surface area contributed by atoms with Crippen molar-refractivity contribution in [2.24, 2.45) is 0 Å². The van der Waals surface area contributed by atoms with E-state index in [0.29, 0.717) is 6.54 Å². The summed E-state index contributed by atoms with van der Waals surface area (Å²) in [5.74, 6) is 0.834. The van der Waals surface area contributed by atoms with Crippen LogP contribution in [0.15, 0.2) is 24.3 Å². The SMILES string of the molecule is Cc1nnc(N2CCCC(NS(C)(=O)=O)C2)c2ccccc12. The fourth-order valence-electron chi connectivity index (χ4n) is 3.03. The van der Waals surface area contributed by atoms with Crippen molar-refractivity contribution in [3.8, 4) is 0 Å². The molecule has 1 saturated heterocycles. The smallest absolute Gasteiger partial charge is 0.209 e. The van der Waals surface area contributed by atoms with E-state index in [0.717, 1.165) is 41.7 Å². The van der Waals surface area contributed by atoms with Crippen molar-refractivity contribution in [3.63, 3.8) is 0 Å². The van der Waals surface area contributed by atoms with Crippen LogP contribution in [0.1, 0.15) is 18.5 Å². The largest absolute Gasteiger partial charge is 0.353 e. The first-order valence-electron chi connectivity index (χ1n) is 7.38. The Labute approximate surface area is 130 Å². The third-order valence-electron chi connectivity index (χ3n) is 3.95. The number of rotatable bonds is 3. The Hall–Kier alpha value is -1.73. The lowest BCUT2D eigenvalue weighted by Gasteiger charge is -2.33. The van der Waals surface area contributed by atoms with Crippen LogP contribution in [0.2, 0.25) is 0 Å². The summed E-state index contributed by atoms with van der Waals surface area (Å²) < 4.78 is 25.6. The molecule has 2 aromatic rings. The normalized spacial score (nSPS) is 19.5. The maximum absolute atomic E-state index is 11.4. The van der Waals surface area contributed by atoms with Gasteiger partial charge in [-0.15, -0.1) is 5.10 Å². The van der Waals surface area contributed by atoms with E-state index in [2.05, 4.69) is 19.8 Å². The lowest BCUT2D eigenvalue weighted by Crippen LogP contribution is -2.47. The molecule has 0 spiro atoms. The lowest BCUT2D eigenvalue weighted by atomic mass is 10.1. The summed E-state index contributed by atoms with van der Waals surface area (Å²) in [5, 5.41) is 10.8. The third kappa shape index (κ3) is 3.20. The van der Waals surface area contributed by atoms with Gasteiger partial charge in [-0.3, -0.25) is 0 Å². The van der Waals surface area contributed by atoms with Gasteiger partial charge in [-0.05, 0) is 19.8 Å². The van der Waals surface area contributed by atoms with Gasteiger partial charge < -0.3 is 4.90 Å². The zero-order valence-electron chi connectivity index (χ0n) is 12.8. The highest BCUT2D eigenvalue weighted by molar-refractivity contribution is 7.88. The minimum absolute atomic E-state index is 0.0781. The van der Waals surface area contributed by atoms with E-state index in [1.165, 1.54) is 6.26 Å². The monoisotopic (exact) mass is 320 g/mol. The molecule has 0 aliphatic carbocycles. The third-order valence-corrected chi connectivity index (χ3v) is 4.72. The van der Waals surface area contributed by atoms with Crippen LogP contribution in [0, 0.1) is 6.92 Å². The molecule has 22 heavy (non-hydrogen) atoms. The van der Waals surface area contributed by atoms with Crippen molar-refractivity contribution < 1.29 is 8.42 Å². The number of sulfonamides is 1. The second-order valence-corrected chi connectivity index (χ2v) is 7.61. The highest BCUT2D eigenvalue weighted by Gasteiger charge is 2.24. The molecule has 1 aliphatic heterocycles.